The zero-order chi connectivity index (χ0) is 18.1. The molecule has 6 heteroatoms. The molecule has 0 unspecified atom stereocenters. The monoisotopic (exact) mass is 476 g/mol. The van der Waals surface area contributed by atoms with E-state index in [1.165, 1.54) is 10.8 Å². The Bertz CT molecular complexity index is 982. The van der Waals surface area contributed by atoms with Gasteiger partial charge in [-0.15, -0.1) is 0 Å². The Morgan fingerprint density at radius 1 is 1.00 bits per heavy atom. The number of hydrogen-bond donors (Lipinski definition) is 2. The van der Waals surface area contributed by atoms with Crippen molar-refractivity contribution in [3.8, 4) is 0 Å². The number of hydrogen-bond acceptors (Lipinski definition) is 3. The number of aromatic nitrogens is 1. The predicted molar refractivity (Wildman–Crippen MR) is 111 cm³/mol. The highest BCUT2D eigenvalue weighted by molar-refractivity contribution is 9.10. The molecule has 0 saturated carbocycles. The van der Waals surface area contributed by atoms with E-state index in [9.17, 15) is 5.11 Å². The molecule has 2 heterocycles. The van der Waals surface area contributed by atoms with Gasteiger partial charge in [-0.2, -0.15) is 0 Å². The van der Waals surface area contributed by atoms with Crippen LogP contribution in [0.25, 0.3) is 21.8 Å². The molecule has 2 N–H and O–H groups in total. The summed E-state index contributed by atoms with van der Waals surface area (Å²) in [6.45, 7) is 1.63. The molecular weight excluding hydrogens is 460 g/mol. The van der Waals surface area contributed by atoms with Crippen LogP contribution in [0.2, 0.25) is 0 Å². The van der Waals surface area contributed by atoms with Gasteiger partial charge in [0.1, 0.15) is 5.76 Å². The zero-order valence-electron chi connectivity index (χ0n) is 14.0. The molecule has 0 aliphatic rings. The molecule has 0 aliphatic carbocycles. The van der Waals surface area contributed by atoms with E-state index in [0.29, 0.717) is 19.6 Å². The van der Waals surface area contributed by atoms with E-state index in [0.717, 1.165) is 25.7 Å². The Labute approximate surface area is 168 Å². The van der Waals surface area contributed by atoms with Crippen molar-refractivity contribution in [2.24, 2.45) is 0 Å². The zero-order valence-corrected chi connectivity index (χ0v) is 17.1. The Kier molecular flexibility index (Phi) is 5.18. The van der Waals surface area contributed by atoms with Crippen LogP contribution in [0.5, 0.6) is 0 Å². The topological polar surface area (TPSA) is 50.3 Å². The molecule has 1 atom stereocenters. The van der Waals surface area contributed by atoms with Crippen molar-refractivity contribution < 1.29 is 9.52 Å². The van der Waals surface area contributed by atoms with Gasteiger partial charge in [-0.3, -0.25) is 0 Å². The maximum Gasteiger partial charge on any atom is 0.117 e. The fourth-order valence-electron chi connectivity index (χ4n) is 3.30. The van der Waals surface area contributed by atoms with Crippen LogP contribution in [0, 0.1) is 0 Å². The van der Waals surface area contributed by atoms with Crippen molar-refractivity contribution in [3.05, 3.63) is 69.5 Å². The third kappa shape index (κ3) is 3.60. The van der Waals surface area contributed by atoms with Crippen LogP contribution >= 0.6 is 31.9 Å². The average Bonchev–Trinajstić information content (AvgIpc) is 3.22. The van der Waals surface area contributed by atoms with Gasteiger partial charge in [0, 0.05) is 37.3 Å². The van der Waals surface area contributed by atoms with Gasteiger partial charge in [0.25, 0.3) is 0 Å². The third-order valence-corrected chi connectivity index (χ3v) is 5.43. The van der Waals surface area contributed by atoms with Crippen molar-refractivity contribution in [2.75, 3.05) is 6.54 Å². The molecule has 0 saturated heterocycles. The van der Waals surface area contributed by atoms with Crippen LogP contribution in [-0.4, -0.2) is 22.3 Å². The van der Waals surface area contributed by atoms with Gasteiger partial charge in [-0.05, 0) is 48.5 Å². The number of benzene rings is 2. The molecular formula is C20H18Br2N2O2. The predicted octanol–water partition coefficient (Wildman–Crippen LogP) is 5.06. The summed E-state index contributed by atoms with van der Waals surface area (Å²) < 4.78 is 9.58. The number of fused-ring (bicyclic) bond motifs is 3. The van der Waals surface area contributed by atoms with Crippen LogP contribution in [0.4, 0.5) is 0 Å². The minimum Gasteiger partial charge on any atom is -0.468 e. The minimum absolute atomic E-state index is 0.495. The second-order valence-corrected chi connectivity index (χ2v) is 8.13. The van der Waals surface area contributed by atoms with Gasteiger partial charge in [0.05, 0.1) is 25.5 Å². The molecule has 2 aromatic carbocycles. The van der Waals surface area contributed by atoms with Crippen molar-refractivity contribution in [3.63, 3.8) is 0 Å². The highest BCUT2D eigenvalue weighted by Gasteiger charge is 2.14. The van der Waals surface area contributed by atoms with Gasteiger partial charge in [-0.1, -0.05) is 31.9 Å². The van der Waals surface area contributed by atoms with E-state index in [4.69, 9.17) is 4.42 Å². The van der Waals surface area contributed by atoms with E-state index in [-0.39, 0.29) is 0 Å². The van der Waals surface area contributed by atoms with Gasteiger partial charge in [-0.25, -0.2) is 0 Å². The molecule has 4 rings (SSSR count). The molecule has 0 fully saturated rings. The first-order valence-electron chi connectivity index (χ1n) is 8.40. The Balaban J connectivity index is 1.60. The summed E-state index contributed by atoms with van der Waals surface area (Å²) in [7, 11) is 0. The lowest BCUT2D eigenvalue weighted by Gasteiger charge is -2.14. The molecule has 134 valence electrons. The van der Waals surface area contributed by atoms with Crippen LogP contribution in [0.15, 0.2) is 68.2 Å². The molecule has 2 aromatic heterocycles. The number of furan rings is 1. The first kappa shape index (κ1) is 17.8. The second kappa shape index (κ2) is 7.56. The largest absolute Gasteiger partial charge is 0.468 e. The fraction of sp³-hybridized carbons (Fsp3) is 0.200. The summed E-state index contributed by atoms with van der Waals surface area (Å²) in [4.78, 5) is 0. The van der Waals surface area contributed by atoms with E-state index in [1.54, 1.807) is 6.26 Å². The van der Waals surface area contributed by atoms with E-state index >= 15 is 0 Å². The number of nitrogens with zero attached hydrogens (tertiary/aromatic N) is 1. The lowest BCUT2D eigenvalue weighted by molar-refractivity contribution is 0.153. The van der Waals surface area contributed by atoms with E-state index in [1.807, 2.05) is 24.3 Å². The number of rotatable bonds is 6. The lowest BCUT2D eigenvalue weighted by atomic mass is 10.2. The smallest absolute Gasteiger partial charge is 0.117 e. The Morgan fingerprint density at radius 3 is 2.23 bits per heavy atom. The summed E-state index contributed by atoms with van der Waals surface area (Å²) in [5.41, 5.74) is 2.23. The number of aliphatic hydroxyl groups excluding tert-OH is 1. The minimum atomic E-state index is -0.504. The summed E-state index contributed by atoms with van der Waals surface area (Å²) in [6, 6.07) is 16.3. The fourth-order valence-corrected chi connectivity index (χ4v) is 4.02. The summed E-state index contributed by atoms with van der Waals surface area (Å²) in [5.74, 6) is 0.865. The molecule has 4 aromatic rings. The molecule has 0 aliphatic heterocycles. The summed E-state index contributed by atoms with van der Waals surface area (Å²) in [6.07, 6.45) is 1.15. The summed E-state index contributed by atoms with van der Waals surface area (Å²) in [5, 5.41) is 16.1. The third-order valence-electron chi connectivity index (χ3n) is 4.44. The molecule has 0 spiro atoms. The van der Waals surface area contributed by atoms with Crippen molar-refractivity contribution in [1.29, 1.82) is 0 Å². The van der Waals surface area contributed by atoms with Crippen LogP contribution in [0.3, 0.4) is 0 Å². The molecule has 0 bridgehead atoms. The van der Waals surface area contributed by atoms with Crippen LogP contribution in [0.1, 0.15) is 5.76 Å². The van der Waals surface area contributed by atoms with Gasteiger partial charge < -0.3 is 19.4 Å². The van der Waals surface area contributed by atoms with Gasteiger partial charge >= 0.3 is 0 Å². The van der Waals surface area contributed by atoms with E-state index in [2.05, 4.69) is 66.0 Å². The Hall–Kier alpha value is -1.60. The lowest BCUT2D eigenvalue weighted by Crippen LogP contribution is -2.29. The van der Waals surface area contributed by atoms with Gasteiger partial charge in [0.15, 0.2) is 0 Å². The average molecular weight is 478 g/mol. The van der Waals surface area contributed by atoms with E-state index < -0.39 is 6.10 Å². The molecule has 4 nitrogen and oxygen atoms in total. The maximum absolute atomic E-state index is 10.5. The van der Waals surface area contributed by atoms with Crippen LogP contribution in [-0.2, 0) is 13.1 Å². The standard InChI is InChI=1S/C20H18Br2N2O2/c21-13-3-5-19-17(8-13)18-9-14(22)4-6-20(18)24(19)12-15(25)10-23-11-16-2-1-7-26-16/h1-9,15,23,25H,10-12H2/t15-/m0/s1. The van der Waals surface area contributed by atoms with Gasteiger partial charge in [0.2, 0.25) is 0 Å². The van der Waals surface area contributed by atoms with Crippen LogP contribution < -0.4 is 5.32 Å². The normalized spacial score (nSPS) is 12.9. The first-order valence-corrected chi connectivity index (χ1v) is 9.98. The number of halogens is 2. The number of aliphatic hydroxyl groups is 1. The highest BCUT2D eigenvalue weighted by Crippen LogP contribution is 2.33. The maximum atomic E-state index is 10.5. The van der Waals surface area contributed by atoms with Crippen molar-refractivity contribution in [2.45, 2.75) is 19.2 Å². The number of nitrogens with one attached hydrogen (secondary N) is 1. The first-order chi connectivity index (χ1) is 12.6. The quantitative estimate of drug-likeness (QED) is 0.408. The SMILES string of the molecule is O[C@@H](CNCc1ccco1)Cn1c2ccc(Br)cc2c2cc(Br)ccc21. The molecule has 0 amide bonds. The van der Waals surface area contributed by atoms with Crippen molar-refractivity contribution >= 4 is 53.7 Å². The summed E-state index contributed by atoms with van der Waals surface area (Å²) >= 11 is 7.12. The second-order valence-electron chi connectivity index (χ2n) is 6.30. The van der Waals surface area contributed by atoms with Crippen molar-refractivity contribution in [1.82, 2.24) is 9.88 Å². The molecule has 26 heavy (non-hydrogen) atoms. The Morgan fingerprint density at radius 2 is 1.65 bits per heavy atom. The molecule has 0 radical (unpaired) electrons. The highest BCUT2D eigenvalue weighted by atomic mass is 79.9.